The zero-order valence-corrected chi connectivity index (χ0v) is 14.1. The second-order valence-corrected chi connectivity index (χ2v) is 7.91. The van der Waals surface area contributed by atoms with E-state index in [1.165, 1.54) is 22.5 Å². The second kappa shape index (κ2) is 6.85. The fraction of sp³-hybridized carbons (Fsp3) is 0.462. The molecule has 0 fully saturated rings. The lowest BCUT2D eigenvalue weighted by Gasteiger charge is -2.18. The third-order valence-corrected chi connectivity index (χ3v) is 5.32. The minimum absolute atomic E-state index is 0.145. The van der Waals surface area contributed by atoms with E-state index in [-0.39, 0.29) is 14.9 Å². The molecule has 1 aromatic carbocycles. The molecule has 0 atom stereocenters. The Morgan fingerprint density at radius 1 is 1.45 bits per heavy atom. The van der Waals surface area contributed by atoms with Gasteiger partial charge >= 0.3 is 0 Å². The number of nitrogens with zero attached hydrogens (tertiary/aromatic N) is 1. The van der Waals surface area contributed by atoms with Crippen molar-refractivity contribution in [1.29, 1.82) is 0 Å². The van der Waals surface area contributed by atoms with Gasteiger partial charge in [-0.2, -0.15) is 0 Å². The van der Waals surface area contributed by atoms with Crippen LogP contribution in [0, 0.1) is 5.92 Å². The molecule has 1 rings (SSSR count). The summed E-state index contributed by atoms with van der Waals surface area (Å²) in [4.78, 5) is 0.292. The van der Waals surface area contributed by atoms with Gasteiger partial charge in [-0.05, 0) is 30.5 Å². The van der Waals surface area contributed by atoms with Gasteiger partial charge in [0.15, 0.2) is 0 Å². The largest absolute Gasteiger partial charge is 0.389 e. The number of hydrogen-bond donors (Lipinski definition) is 1. The van der Waals surface area contributed by atoms with Crippen LogP contribution in [-0.2, 0) is 10.0 Å². The molecule has 0 heterocycles. The molecule has 0 bridgehead atoms. The van der Waals surface area contributed by atoms with E-state index in [0.717, 1.165) is 6.42 Å². The van der Waals surface area contributed by atoms with Gasteiger partial charge in [0.25, 0.3) is 0 Å². The summed E-state index contributed by atoms with van der Waals surface area (Å²) in [6.07, 6.45) is 0.800. The van der Waals surface area contributed by atoms with Crippen LogP contribution in [0.4, 0.5) is 0 Å². The first-order valence-corrected chi connectivity index (χ1v) is 8.44. The number of thiocarbonyl (C=S) groups is 1. The highest BCUT2D eigenvalue weighted by atomic mass is 35.5. The van der Waals surface area contributed by atoms with E-state index in [0.29, 0.717) is 18.0 Å². The molecule has 0 amide bonds. The number of halogens is 1. The molecule has 0 radical (unpaired) electrons. The van der Waals surface area contributed by atoms with Gasteiger partial charge in [0.05, 0.1) is 9.92 Å². The lowest BCUT2D eigenvalue weighted by molar-refractivity contribution is 0.428. The van der Waals surface area contributed by atoms with E-state index in [1.807, 2.05) is 13.8 Å². The van der Waals surface area contributed by atoms with Crippen molar-refractivity contribution in [2.24, 2.45) is 11.7 Å². The first kappa shape index (κ1) is 17.4. The smallest absolute Gasteiger partial charge is 0.242 e. The Morgan fingerprint density at radius 2 is 2.05 bits per heavy atom. The summed E-state index contributed by atoms with van der Waals surface area (Å²) in [5, 5.41) is 0.246. The fourth-order valence-corrected chi connectivity index (χ4v) is 3.39. The van der Waals surface area contributed by atoms with Crippen LogP contribution in [-0.4, -0.2) is 31.3 Å². The van der Waals surface area contributed by atoms with E-state index in [1.54, 1.807) is 7.05 Å². The number of rotatable bonds is 6. The van der Waals surface area contributed by atoms with Crippen LogP contribution < -0.4 is 5.73 Å². The Balaban J connectivity index is 3.04. The van der Waals surface area contributed by atoms with Gasteiger partial charge in [0.1, 0.15) is 4.99 Å². The molecule has 0 aromatic heterocycles. The Bertz CT molecular complexity index is 600. The lowest BCUT2D eigenvalue weighted by atomic mass is 10.1. The maximum Gasteiger partial charge on any atom is 0.242 e. The van der Waals surface area contributed by atoms with Crippen LogP contribution in [0.5, 0.6) is 0 Å². The van der Waals surface area contributed by atoms with Crippen molar-refractivity contribution >= 4 is 38.8 Å². The molecule has 0 aliphatic carbocycles. The van der Waals surface area contributed by atoms with Crippen LogP contribution in [0.3, 0.4) is 0 Å². The van der Waals surface area contributed by atoms with Crippen LogP contribution in [0.25, 0.3) is 0 Å². The summed E-state index contributed by atoms with van der Waals surface area (Å²) in [5.41, 5.74) is 5.98. The van der Waals surface area contributed by atoms with Gasteiger partial charge in [-0.15, -0.1) is 0 Å². The molecule has 0 saturated heterocycles. The zero-order chi connectivity index (χ0) is 15.5. The number of nitrogens with two attached hydrogens (primary N) is 1. The quantitative estimate of drug-likeness (QED) is 0.812. The molecule has 112 valence electrons. The number of hydrogen-bond acceptors (Lipinski definition) is 3. The minimum Gasteiger partial charge on any atom is -0.389 e. The molecule has 1 aromatic rings. The average molecular weight is 335 g/mol. The van der Waals surface area contributed by atoms with Gasteiger partial charge in [-0.1, -0.05) is 37.7 Å². The van der Waals surface area contributed by atoms with E-state index in [4.69, 9.17) is 29.6 Å². The van der Waals surface area contributed by atoms with Crippen molar-refractivity contribution < 1.29 is 8.42 Å². The third-order valence-electron chi connectivity index (χ3n) is 2.94. The van der Waals surface area contributed by atoms with E-state index in [2.05, 4.69) is 0 Å². The molecule has 0 saturated carbocycles. The molecule has 2 N–H and O–H groups in total. The third kappa shape index (κ3) is 4.15. The van der Waals surface area contributed by atoms with Gasteiger partial charge in [0, 0.05) is 19.2 Å². The van der Waals surface area contributed by atoms with Crippen molar-refractivity contribution in [3.8, 4) is 0 Å². The predicted octanol–water partition coefficient (Wildman–Crippen LogP) is 2.64. The zero-order valence-electron chi connectivity index (χ0n) is 11.8. The summed E-state index contributed by atoms with van der Waals surface area (Å²) in [5.74, 6) is 0.438. The topological polar surface area (TPSA) is 63.4 Å². The summed E-state index contributed by atoms with van der Waals surface area (Å²) in [6, 6.07) is 4.40. The highest BCUT2D eigenvalue weighted by Crippen LogP contribution is 2.23. The molecular formula is C13H19ClN2O2S2. The maximum atomic E-state index is 12.4. The normalized spacial score (nSPS) is 12.1. The second-order valence-electron chi connectivity index (χ2n) is 5.01. The van der Waals surface area contributed by atoms with E-state index < -0.39 is 10.0 Å². The van der Waals surface area contributed by atoms with Crippen LogP contribution in [0.15, 0.2) is 23.1 Å². The average Bonchev–Trinajstić information content (AvgIpc) is 2.34. The van der Waals surface area contributed by atoms with E-state index in [9.17, 15) is 8.42 Å². The van der Waals surface area contributed by atoms with Crippen molar-refractivity contribution in [3.05, 3.63) is 28.8 Å². The van der Waals surface area contributed by atoms with Gasteiger partial charge in [-0.3, -0.25) is 0 Å². The molecule has 0 unspecified atom stereocenters. The van der Waals surface area contributed by atoms with Gasteiger partial charge < -0.3 is 5.73 Å². The van der Waals surface area contributed by atoms with Gasteiger partial charge in [-0.25, -0.2) is 12.7 Å². The highest BCUT2D eigenvalue weighted by Gasteiger charge is 2.21. The first-order valence-electron chi connectivity index (χ1n) is 6.22. The van der Waals surface area contributed by atoms with E-state index >= 15 is 0 Å². The monoisotopic (exact) mass is 334 g/mol. The standard InChI is InChI=1S/C13H19ClN2O2S2/c1-9(2)6-7-16(3)20(17,18)10-4-5-11(13(15)19)12(14)8-10/h4-5,8-9H,6-7H2,1-3H3,(H2,15,19). The van der Waals surface area contributed by atoms with Crippen molar-refractivity contribution in [1.82, 2.24) is 4.31 Å². The Kier molecular flexibility index (Phi) is 5.94. The summed E-state index contributed by atoms with van der Waals surface area (Å²) in [6.45, 7) is 4.57. The van der Waals surface area contributed by atoms with Crippen LogP contribution in [0.1, 0.15) is 25.8 Å². The van der Waals surface area contributed by atoms with Crippen LogP contribution in [0.2, 0.25) is 5.02 Å². The lowest BCUT2D eigenvalue weighted by Crippen LogP contribution is -2.28. The minimum atomic E-state index is -3.53. The molecular weight excluding hydrogens is 316 g/mol. The SMILES string of the molecule is CC(C)CCN(C)S(=O)(=O)c1ccc(C(N)=S)c(Cl)c1. The van der Waals surface area contributed by atoms with Crippen molar-refractivity contribution in [2.45, 2.75) is 25.2 Å². The highest BCUT2D eigenvalue weighted by molar-refractivity contribution is 7.89. The summed E-state index contributed by atoms with van der Waals surface area (Å²) >= 11 is 10.9. The molecule has 0 aliphatic rings. The molecule has 0 aliphatic heterocycles. The Labute approximate surface area is 131 Å². The summed E-state index contributed by atoms with van der Waals surface area (Å²) in [7, 11) is -1.97. The Morgan fingerprint density at radius 3 is 2.50 bits per heavy atom. The molecule has 4 nitrogen and oxygen atoms in total. The number of sulfonamides is 1. The van der Waals surface area contributed by atoms with Crippen LogP contribution >= 0.6 is 23.8 Å². The predicted molar refractivity (Wildman–Crippen MR) is 86.6 cm³/mol. The summed E-state index contributed by atoms with van der Waals surface area (Å²) < 4.78 is 26.1. The van der Waals surface area contributed by atoms with Crippen molar-refractivity contribution in [2.75, 3.05) is 13.6 Å². The first-order chi connectivity index (χ1) is 9.16. The number of benzene rings is 1. The Hall–Kier alpha value is -0.690. The molecule has 7 heteroatoms. The maximum absolute atomic E-state index is 12.4. The molecule has 0 spiro atoms. The molecule has 20 heavy (non-hydrogen) atoms. The van der Waals surface area contributed by atoms with Gasteiger partial charge in [0.2, 0.25) is 10.0 Å². The van der Waals surface area contributed by atoms with Crippen molar-refractivity contribution in [3.63, 3.8) is 0 Å². The fourth-order valence-electron chi connectivity index (χ4n) is 1.60.